The number of benzene rings is 1. The van der Waals surface area contributed by atoms with Crippen molar-refractivity contribution in [2.45, 2.75) is 32.2 Å². The van der Waals surface area contributed by atoms with Crippen LogP contribution in [0.15, 0.2) is 29.6 Å². The van der Waals surface area contributed by atoms with Crippen LogP contribution >= 0.6 is 22.9 Å². The van der Waals surface area contributed by atoms with Gasteiger partial charge in [-0.05, 0) is 25.5 Å². The topological polar surface area (TPSA) is 68.0 Å². The zero-order valence-electron chi connectivity index (χ0n) is 12.0. The molecular weight excluding hydrogens is 306 g/mol. The third-order valence-corrected chi connectivity index (χ3v) is 4.16. The van der Waals surface area contributed by atoms with E-state index in [9.17, 15) is 4.79 Å². The number of carbonyl (C=O) groups excluding carboxylic acids is 1. The van der Waals surface area contributed by atoms with Gasteiger partial charge >= 0.3 is 0 Å². The first kappa shape index (κ1) is 15.9. The third kappa shape index (κ3) is 4.03. The molecule has 0 saturated carbocycles. The molecule has 1 amide bonds. The standard InChI is InChI=1S/C15H18ClN3OS/c1-3-8-15(2,17)13(20)19-14-18-12(9-21-14)10-4-6-11(16)7-5-10/h4-7,9H,3,8,17H2,1-2H3,(H,18,19,20). The number of nitrogens with zero attached hydrogens (tertiary/aromatic N) is 1. The average Bonchev–Trinajstić information content (AvgIpc) is 2.88. The van der Waals surface area contributed by atoms with Crippen molar-refractivity contribution in [1.29, 1.82) is 0 Å². The lowest BCUT2D eigenvalue weighted by atomic mass is 9.97. The molecule has 0 aliphatic rings. The lowest BCUT2D eigenvalue weighted by Crippen LogP contribution is -2.48. The summed E-state index contributed by atoms with van der Waals surface area (Å²) in [4.78, 5) is 16.5. The second kappa shape index (κ2) is 6.56. The van der Waals surface area contributed by atoms with Crippen molar-refractivity contribution in [2.24, 2.45) is 5.73 Å². The van der Waals surface area contributed by atoms with Gasteiger partial charge in [0.1, 0.15) is 0 Å². The van der Waals surface area contributed by atoms with Crippen LogP contribution in [0.5, 0.6) is 0 Å². The van der Waals surface area contributed by atoms with Gasteiger partial charge in [0.2, 0.25) is 5.91 Å². The summed E-state index contributed by atoms with van der Waals surface area (Å²) in [6.45, 7) is 3.74. The molecule has 3 N–H and O–H groups in total. The highest BCUT2D eigenvalue weighted by molar-refractivity contribution is 7.14. The van der Waals surface area contributed by atoms with Crippen LogP contribution < -0.4 is 11.1 Å². The van der Waals surface area contributed by atoms with E-state index in [1.165, 1.54) is 11.3 Å². The summed E-state index contributed by atoms with van der Waals surface area (Å²) in [6.07, 6.45) is 1.49. The fourth-order valence-electron chi connectivity index (χ4n) is 1.96. The highest BCUT2D eigenvalue weighted by Crippen LogP contribution is 2.26. The Morgan fingerprint density at radius 1 is 1.43 bits per heavy atom. The van der Waals surface area contributed by atoms with E-state index in [2.05, 4.69) is 10.3 Å². The Hall–Kier alpha value is -1.43. The summed E-state index contributed by atoms with van der Waals surface area (Å²) >= 11 is 7.24. The average molecular weight is 324 g/mol. The highest BCUT2D eigenvalue weighted by Gasteiger charge is 2.27. The quantitative estimate of drug-likeness (QED) is 0.876. The fourth-order valence-corrected chi connectivity index (χ4v) is 2.80. The van der Waals surface area contributed by atoms with Gasteiger partial charge < -0.3 is 11.1 Å². The molecule has 0 fully saturated rings. The maximum Gasteiger partial charge on any atom is 0.245 e. The van der Waals surface area contributed by atoms with Gasteiger partial charge in [0, 0.05) is 16.0 Å². The van der Waals surface area contributed by atoms with Gasteiger partial charge in [0.05, 0.1) is 11.2 Å². The van der Waals surface area contributed by atoms with Crippen molar-refractivity contribution >= 4 is 34.0 Å². The normalized spacial score (nSPS) is 13.7. The largest absolute Gasteiger partial charge is 0.318 e. The number of carbonyl (C=O) groups is 1. The number of amides is 1. The molecule has 6 heteroatoms. The molecule has 2 aromatic rings. The van der Waals surface area contributed by atoms with Crippen LogP contribution in [0, 0.1) is 0 Å². The summed E-state index contributed by atoms with van der Waals surface area (Å²) in [7, 11) is 0. The van der Waals surface area contributed by atoms with Crippen molar-refractivity contribution < 1.29 is 4.79 Å². The summed E-state index contributed by atoms with van der Waals surface area (Å²) < 4.78 is 0. The summed E-state index contributed by atoms with van der Waals surface area (Å²) in [5.74, 6) is -0.207. The number of thiazole rings is 1. The van der Waals surface area contributed by atoms with Gasteiger partial charge in [0.25, 0.3) is 0 Å². The number of hydrogen-bond acceptors (Lipinski definition) is 4. The van der Waals surface area contributed by atoms with Crippen molar-refractivity contribution in [2.75, 3.05) is 5.32 Å². The number of hydrogen-bond donors (Lipinski definition) is 2. The molecule has 1 unspecified atom stereocenters. The molecule has 112 valence electrons. The van der Waals surface area contributed by atoms with Gasteiger partial charge in [-0.1, -0.05) is 37.1 Å². The smallest absolute Gasteiger partial charge is 0.245 e. The van der Waals surface area contributed by atoms with E-state index in [1.54, 1.807) is 6.92 Å². The zero-order valence-corrected chi connectivity index (χ0v) is 13.6. The Labute approximate surface area is 133 Å². The third-order valence-electron chi connectivity index (χ3n) is 3.15. The summed E-state index contributed by atoms with van der Waals surface area (Å²) in [5, 5.41) is 5.92. The van der Waals surface area contributed by atoms with Gasteiger partial charge in [-0.25, -0.2) is 4.98 Å². The Bertz CT molecular complexity index is 622. The summed E-state index contributed by atoms with van der Waals surface area (Å²) in [6, 6.07) is 7.42. The Morgan fingerprint density at radius 2 is 2.10 bits per heavy atom. The second-order valence-corrected chi connectivity index (χ2v) is 6.46. The van der Waals surface area contributed by atoms with Crippen molar-refractivity contribution in [3.05, 3.63) is 34.7 Å². The van der Waals surface area contributed by atoms with Gasteiger partial charge in [-0.3, -0.25) is 4.79 Å². The number of nitrogens with two attached hydrogens (primary N) is 1. The first-order valence-electron chi connectivity index (χ1n) is 6.74. The zero-order chi connectivity index (χ0) is 15.5. The van der Waals surface area contributed by atoms with Crippen LogP contribution in [-0.4, -0.2) is 16.4 Å². The lowest BCUT2D eigenvalue weighted by molar-refractivity contribution is -0.120. The molecule has 0 bridgehead atoms. The maximum absolute atomic E-state index is 12.1. The number of halogens is 1. The van der Waals surface area contributed by atoms with E-state index in [4.69, 9.17) is 17.3 Å². The molecule has 0 aliphatic carbocycles. The van der Waals surface area contributed by atoms with Crippen molar-refractivity contribution in [1.82, 2.24) is 4.98 Å². The molecule has 0 aliphatic heterocycles. The van der Waals surface area contributed by atoms with E-state index in [0.29, 0.717) is 16.6 Å². The molecule has 1 atom stereocenters. The molecule has 0 radical (unpaired) electrons. The highest BCUT2D eigenvalue weighted by atomic mass is 35.5. The predicted molar refractivity (Wildman–Crippen MR) is 88.7 cm³/mol. The van der Waals surface area contributed by atoms with Crippen LogP contribution in [-0.2, 0) is 4.79 Å². The van der Waals surface area contributed by atoms with Gasteiger partial charge in [-0.2, -0.15) is 0 Å². The monoisotopic (exact) mass is 323 g/mol. The van der Waals surface area contributed by atoms with E-state index in [1.807, 2.05) is 36.6 Å². The molecule has 1 aromatic heterocycles. The van der Waals surface area contributed by atoms with Gasteiger partial charge in [0.15, 0.2) is 5.13 Å². The Morgan fingerprint density at radius 3 is 2.71 bits per heavy atom. The lowest BCUT2D eigenvalue weighted by Gasteiger charge is -2.21. The SMILES string of the molecule is CCCC(C)(N)C(=O)Nc1nc(-c2ccc(Cl)cc2)cs1. The minimum Gasteiger partial charge on any atom is -0.318 e. The second-order valence-electron chi connectivity index (χ2n) is 5.17. The van der Waals surface area contributed by atoms with Crippen LogP contribution in [0.1, 0.15) is 26.7 Å². The first-order chi connectivity index (χ1) is 9.92. The minimum absolute atomic E-state index is 0.207. The molecule has 1 aromatic carbocycles. The molecule has 21 heavy (non-hydrogen) atoms. The molecule has 0 spiro atoms. The molecule has 1 heterocycles. The molecule has 4 nitrogen and oxygen atoms in total. The van der Waals surface area contributed by atoms with E-state index < -0.39 is 5.54 Å². The van der Waals surface area contributed by atoms with Crippen molar-refractivity contribution in [3.63, 3.8) is 0 Å². The number of rotatable bonds is 5. The molecule has 0 saturated heterocycles. The van der Waals surface area contributed by atoms with E-state index >= 15 is 0 Å². The first-order valence-corrected chi connectivity index (χ1v) is 8.00. The number of aromatic nitrogens is 1. The van der Waals surface area contributed by atoms with Crippen LogP contribution in [0.4, 0.5) is 5.13 Å². The Kier molecular flexibility index (Phi) is 4.98. The predicted octanol–water partition coefficient (Wildman–Crippen LogP) is 3.92. The molecular formula is C15H18ClN3OS. The van der Waals surface area contributed by atoms with Gasteiger partial charge in [-0.15, -0.1) is 11.3 Å². The van der Waals surface area contributed by atoms with E-state index in [0.717, 1.165) is 17.7 Å². The number of anilines is 1. The molecule has 2 rings (SSSR count). The van der Waals surface area contributed by atoms with E-state index in [-0.39, 0.29) is 5.91 Å². The minimum atomic E-state index is -0.874. The maximum atomic E-state index is 12.1. The van der Waals surface area contributed by atoms with Crippen LogP contribution in [0.3, 0.4) is 0 Å². The Balaban J connectivity index is 2.10. The van der Waals surface area contributed by atoms with Crippen LogP contribution in [0.25, 0.3) is 11.3 Å². The van der Waals surface area contributed by atoms with Crippen molar-refractivity contribution in [3.8, 4) is 11.3 Å². The van der Waals surface area contributed by atoms with Crippen LogP contribution in [0.2, 0.25) is 5.02 Å². The number of nitrogens with one attached hydrogen (secondary N) is 1. The summed E-state index contributed by atoms with van der Waals surface area (Å²) in [5.41, 5.74) is 6.89. The fraction of sp³-hybridized carbons (Fsp3) is 0.333.